The highest BCUT2D eigenvalue weighted by atomic mass is 79.9. The molecule has 0 aliphatic heterocycles. The number of aromatic nitrogens is 1. The summed E-state index contributed by atoms with van der Waals surface area (Å²) in [6.07, 6.45) is 6.80. The van der Waals surface area contributed by atoms with Gasteiger partial charge in [0, 0.05) is 23.8 Å². The summed E-state index contributed by atoms with van der Waals surface area (Å²) < 4.78 is 0.925. The Morgan fingerprint density at radius 1 is 1.39 bits per heavy atom. The molecule has 0 N–H and O–H groups in total. The number of hydrogen-bond acceptors (Lipinski definition) is 2. The molecule has 2 nitrogen and oxygen atoms in total. The summed E-state index contributed by atoms with van der Waals surface area (Å²) in [4.78, 5) is 6.68. The summed E-state index contributed by atoms with van der Waals surface area (Å²) in [7, 11) is 2.10. The van der Waals surface area contributed by atoms with Crippen LogP contribution in [0.25, 0.3) is 0 Å². The number of anilines is 1. The summed E-state index contributed by atoms with van der Waals surface area (Å²) in [5.41, 5.74) is 0.494. The molecule has 0 unspecified atom stereocenters. The third-order valence-corrected chi connectivity index (χ3v) is 4.69. The summed E-state index contributed by atoms with van der Waals surface area (Å²) >= 11 is 9.66. The Morgan fingerprint density at radius 2 is 2.00 bits per heavy atom. The first kappa shape index (κ1) is 14.1. The van der Waals surface area contributed by atoms with E-state index in [-0.39, 0.29) is 0 Å². The molecule has 2 rings (SSSR count). The van der Waals surface area contributed by atoms with Crippen LogP contribution in [0, 0.1) is 5.41 Å². The van der Waals surface area contributed by atoms with Crippen molar-refractivity contribution < 1.29 is 0 Å². The zero-order valence-corrected chi connectivity index (χ0v) is 13.6. The lowest BCUT2D eigenvalue weighted by molar-refractivity contribution is 0.222. The number of halogens is 2. The van der Waals surface area contributed by atoms with Crippen LogP contribution in [0.3, 0.4) is 0 Å². The van der Waals surface area contributed by atoms with Gasteiger partial charge in [-0.25, -0.2) is 4.98 Å². The van der Waals surface area contributed by atoms with E-state index in [1.54, 1.807) is 0 Å². The number of hydrogen-bond donors (Lipinski definition) is 0. The first-order chi connectivity index (χ1) is 8.39. The van der Waals surface area contributed by atoms with Crippen LogP contribution in [0.5, 0.6) is 0 Å². The van der Waals surface area contributed by atoms with Crippen molar-refractivity contribution in [2.45, 2.75) is 45.6 Å². The highest BCUT2D eigenvalue weighted by molar-refractivity contribution is 9.10. The van der Waals surface area contributed by atoms with Crippen molar-refractivity contribution in [3.8, 4) is 0 Å². The molecule has 18 heavy (non-hydrogen) atoms. The molecule has 100 valence electrons. The molecule has 0 aromatic carbocycles. The van der Waals surface area contributed by atoms with E-state index in [0.717, 1.165) is 15.3 Å². The second-order valence-corrected chi connectivity index (χ2v) is 7.29. The van der Waals surface area contributed by atoms with E-state index >= 15 is 0 Å². The van der Waals surface area contributed by atoms with Crippen LogP contribution in [0.2, 0.25) is 5.02 Å². The zero-order chi connectivity index (χ0) is 13.3. The largest absolute Gasteiger partial charge is 0.355 e. The van der Waals surface area contributed by atoms with Gasteiger partial charge < -0.3 is 4.90 Å². The number of nitrogens with zero attached hydrogens (tertiary/aromatic N) is 2. The maximum atomic E-state index is 6.27. The quantitative estimate of drug-likeness (QED) is 0.766. The summed E-state index contributed by atoms with van der Waals surface area (Å²) in [6, 6.07) is 2.47. The van der Waals surface area contributed by atoms with Gasteiger partial charge in [0.25, 0.3) is 0 Å². The highest BCUT2D eigenvalue weighted by Crippen LogP contribution is 2.38. The first-order valence-electron chi connectivity index (χ1n) is 6.43. The first-order valence-corrected chi connectivity index (χ1v) is 7.60. The monoisotopic (exact) mass is 330 g/mol. The third kappa shape index (κ3) is 3.18. The molecular weight excluding hydrogens is 312 g/mol. The van der Waals surface area contributed by atoms with Crippen LogP contribution in [0.4, 0.5) is 5.82 Å². The molecule has 0 amide bonds. The average molecular weight is 332 g/mol. The van der Waals surface area contributed by atoms with E-state index in [2.05, 4.69) is 46.7 Å². The Labute approximate surface area is 123 Å². The van der Waals surface area contributed by atoms with Crippen LogP contribution >= 0.6 is 27.5 Å². The van der Waals surface area contributed by atoms with Crippen molar-refractivity contribution >= 4 is 33.3 Å². The van der Waals surface area contributed by atoms with E-state index < -0.39 is 0 Å². The van der Waals surface area contributed by atoms with Crippen LogP contribution in [0.15, 0.2) is 16.7 Å². The van der Waals surface area contributed by atoms with E-state index in [1.807, 2.05) is 12.3 Å². The van der Waals surface area contributed by atoms with E-state index in [0.29, 0.717) is 11.5 Å². The Morgan fingerprint density at radius 3 is 2.56 bits per heavy atom. The summed E-state index contributed by atoms with van der Waals surface area (Å²) in [5.74, 6) is 0.893. The Balaban J connectivity index is 2.10. The molecule has 1 aliphatic carbocycles. The van der Waals surface area contributed by atoms with Crippen molar-refractivity contribution in [3.05, 3.63) is 21.8 Å². The van der Waals surface area contributed by atoms with Gasteiger partial charge in [-0.1, -0.05) is 25.4 Å². The SMILES string of the molecule is CN(c1ncc(Br)cc1Cl)C1CCC(C)(C)CC1. The Bertz CT molecular complexity index is 424. The standard InChI is InChI=1S/C14H20BrClN2/c1-14(2)6-4-11(5-7-14)18(3)13-12(16)8-10(15)9-17-13/h8-9,11H,4-7H2,1-3H3. The predicted octanol–water partition coefficient (Wildman–Crippen LogP) is 4.90. The normalized spacial score (nSPS) is 19.8. The van der Waals surface area contributed by atoms with Crippen molar-refractivity contribution in [2.75, 3.05) is 11.9 Å². The van der Waals surface area contributed by atoms with Crippen molar-refractivity contribution in [1.82, 2.24) is 4.98 Å². The molecule has 1 fully saturated rings. The molecule has 0 bridgehead atoms. The van der Waals surface area contributed by atoms with Gasteiger partial charge in [0.2, 0.25) is 0 Å². The van der Waals surface area contributed by atoms with Gasteiger partial charge in [-0.15, -0.1) is 0 Å². The van der Waals surface area contributed by atoms with Crippen molar-refractivity contribution in [3.63, 3.8) is 0 Å². The molecule has 1 heterocycles. The number of pyridine rings is 1. The third-order valence-electron chi connectivity index (χ3n) is 3.98. The Hall–Kier alpha value is -0.280. The average Bonchev–Trinajstić information content (AvgIpc) is 2.28. The lowest BCUT2D eigenvalue weighted by Crippen LogP contribution is -2.37. The lowest BCUT2D eigenvalue weighted by atomic mass is 9.75. The Kier molecular flexibility index (Phi) is 4.22. The molecule has 0 atom stereocenters. The summed E-state index contributed by atoms with van der Waals surface area (Å²) in [5, 5.41) is 0.719. The minimum absolute atomic E-state index is 0.494. The molecule has 1 saturated carbocycles. The maximum Gasteiger partial charge on any atom is 0.147 e. The molecule has 0 saturated heterocycles. The van der Waals surface area contributed by atoms with Crippen LogP contribution in [-0.2, 0) is 0 Å². The molecular formula is C14H20BrClN2. The van der Waals surface area contributed by atoms with Crippen molar-refractivity contribution in [1.29, 1.82) is 0 Å². The van der Waals surface area contributed by atoms with Crippen LogP contribution in [0.1, 0.15) is 39.5 Å². The maximum absolute atomic E-state index is 6.27. The van der Waals surface area contributed by atoms with Gasteiger partial charge in [0.05, 0.1) is 5.02 Å². The molecule has 0 spiro atoms. The molecule has 1 aromatic heterocycles. The zero-order valence-electron chi connectivity index (χ0n) is 11.2. The second-order valence-electron chi connectivity index (χ2n) is 5.97. The van der Waals surface area contributed by atoms with E-state index in [1.165, 1.54) is 25.7 Å². The minimum atomic E-state index is 0.494. The van der Waals surface area contributed by atoms with Crippen LogP contribution in [-0.4, -0.2) is 18.1 Å². The topological polar surface area (TPSA) is 16.1 Å². The van der Waals surface area contributed by atoms with E-state index in [9.17, 15) is 0 Å². The fourth-order valence-electron chi connectivity index (χ4n) is 2.61. The van der Waals surface area contributed by atoms with Gasteiger partial charge in [-0.2, -0.15) is 0 Å². The number of rotatable bonds is 2. The van der Waals surface area contributed by atoms with Gasteiger partial charge in [-0.3, -0.25) is 0 Å². The fraction of sp³-hybridized carbons (Fsp3) is 0.643. The van der Waals surface area contributed by atoms with Gasteiger partial charge in [-0.05, 0) is 53.1 Å². The lowest BCUT2D eigenvalue weighted by Gasteiger charge is -2.39. The van der Waals surface area contributed by atoms with Gasteiger partial charge in [0.15, 0.2) is 0 Å². The smallest absolute Gasteiger partial charge is 0.147 e. The minimum Gasteiger partial charge on any atom is -0.355 e. The fourth-order valence-corrected chi connectivity index (χ4v) is 3.37. The van der Waals surface area contributed by atoms with Crippen molar-refractivity contribution in [2.24, 2.45) is 5.41 Å². The van der Waals surface area contributed by atoms with Gasteiger partial charge >= 0.3 is 0 Å². The molecule has 0 radical (unpaired) electrons. The predicted molar refractivity (Wildman–Crippen MR) is 81.4 cm³/mol. The summed E-state index contributed by atoms with van der Waals surface area (Å²) in [6.45, 7) is 4.71. The molecule has 1 aliphatic rings. The highest BCUT2D eigenvalue weighted by Gasteiger charge is 2.29. The van der Waals surface area contributed by atoms with Gasteiger partial charge in [0.1, 0.15) is 5.82 Å². The molecule has 1 aromatic rings. The van der Waals surface area contributed by atoms with E-state index in [4.69, 9.17) is 11.6 Å². The molecule has 4 heteroatoms. The second kappa shape index (κ2) is 5.38. The van der Waals surface area contributed by atoms with Crippen LogP contribution < -0.4 is 4.90 Å².